The van der Waals surface area contributed by atoms with Gasteiger partial charge < -0.3 is 0 Å². The van der Waals surface area contributed by atoms with Gasteiger partial charge in [-0.1, -0.05) is 12.2 Å². The minimum absolute atomic E-state index is 0.158. The van der Waals surface area contributed by atoms with Crippen LogP contribution in [-0.2, 0) is 10.1 Å². The lowest BCUT2D eigenvalue weighted by Crippen LogP contribution is -2.41. The van der Waals surface area contributed by atoms with Crippen LogP contribution in [0.15, 0.2) is 0 Å². The molecular weight excluding hydrogens is 230 g/mol. The van der Waals surface area contributed by atoms with Crippen molar-refractivity contribution in [1.82, 2.24) is 4.90 Å². The summed E-state index contributed by atoms with van der Waals surface area (Å²) in [5.41, 5.74) is 0. The van der Waals surface area contributed by atoms with Crippen LogP contribution in [0.2, 0.25) is 0 Å². The first kappa shape index (κ1) is 13.3. The summed E-state index contributed by atoms with van der Waals surface area (Å²) in [4.78, 5) is 0.916. The summed E-state index contributed by atoms with van der Waals surface area (Å²) in [5, 5.41) is 1.38. The number of rotatable bonds is 5. The summed E-state index contributed by atoms with van der Waals surface area (Å²) in [6.45, 7) is 0. The molecule has 0 heterocycles. The maximum Gasteiger partial charge on any atom is 0.264 e. The molecule has 0 aliphatic heterocycles. The molecule has 0 aliphatic carbocycles. The van der Waals surface area contributed by atoms with Gasteiger partial charge in [-0.3, -0.25) is 9.45 Å². The van der Waals surface area contributed by atoms with Gasteiger partial charge in [0.2, 0.25) is 0 Å². The summed E-state index contributed by atoms with van der Waals surface area (Å²) < 4.78 is 29.5. The van der Waals surface area contributed by atoms with Gasteiger partial charge in [0.05, 0.1) is 10.6 Å². The van der Waals surface area contributed by atoms with Crippen molar-refractivity contribution in [1.29, 1.82) is 0 Å². The van der Waals surface area contributed by atoms with Crippen molar-refractivity contribution in [2.75, 3.05) is 19.8 Å². The molecule has 7 heteroatoms. The Kier molecular flexibility index (Phi) is 4.81. The Morgan fingerprint density at radius 3 is 2.31 bits per heavy atom. The molecule has 0 fully saturated rings. The van der Waals surface area contributed by atoms with E-state index in [-0.39, 0.29) is 12.2 Å². The predicted octanol–water partition coefficient (Wildman–Crippen LogP) is 0.452. The van der Waals surface area contributed by atoms with E-state index in [4.69, 9.17) is 16.8 Å². The van der Waals surface area contributed by atoms with E-state index < -0.39 is 15.0 Å². The Balaban J connectivity index is 4.39. The van der Waals surface area contributed by atoms with E-state index >= 15 is 0 Å². The van der Waals surface area contributed by atoms with Gasteiger partial charge in [-0.05, 0) is 20.5 Å². The van der Waals surface area contributed by atoms with Gasteiger partial charge in [-0.15, -0.1) is 0 Å². The zero-order valence-electron chi connectivity index (χ0n) is 7.47. The fourth-order valence-electron chi connectivity index (χ4n) is 0.667. The van der Waals surface area contributed by atoms with Crippen molar-refractivity contribution in [3.05, 3.63) is 0 Å². The van der Waals surface area contributed by atoms with E-state index in [1.807, 2.05) is 0 Å². The van der Waals surface area contributed by atoms with Crippen LogP contribution in [0.3, 0.4) is 0 Å². The lowest BCUT2D eigenvalue weighted by atomic mass is 10.2. The summed E-state index contributed by atoms with van der Waals surface area (Å²) in [6, 6.07) is 0. The molecule has 0 aromatic carbocycles. The van der Waals surface area contributed by atoms with Crippen molar-refractivity contribution >= 4 is 40.3 Å². The molecule has 0 aromatic rings. The molecule has 0 saturated heterocycles. The molecule has 0 saturated carbocycles. The second kappa shape index (κ2) is 4.70. The van der Waals surface area contributed by atoms with Gasteiger partial charge in [-0.2, -0.15) is 21.0 Å². The second-order valence-electron chi connectivity index (χ2n) is 2.93. The largest absolute Gasteiger partial charge is 0.291 e. The highest BCUT2D eigenvalue weighted by Crippen LogP contribution is 2.20. The Labute approximate surface area is 89.5 Å². The first-order valence-corrected chi connectivity index (χ1v) is 6.05. The van der Waals surface area contributed by atoms with E-state index in [2.05, 4.69) is 12.6 Å². The molecular formula is C6H13NO3S3. The lowest BCUT2D eigenvalue weighted by Gasteiger charge is -2.30. The zero-order chi connectivity index (χ0) is 10.7. The Bertz CT molecular complexity index is 275. The van der Waals surface area contributed by atoms with Crippen LogP contribution in [0.1, 0.15) is 6.42 Å². The molecule has 0 rings (SSSR count). The second-order valence-corrected chi connectivity index (χ2v) is 5.51. The highest BCUT2D eigenvalue weighted by molar-refractivity contribution is 7.87. The third-order valence-electron chi connectivity index (χ3n) is 1.69. The van der Waals surface area contributed by atoms with Crippen LogP contribution in [0, 0.1) is 0 Å². The zero-order valence-corrected chi connectivity index (χ0v) is 9.99. The summed E-state index contributed by atoms with van der Waals surface area (Å²) in [7, 11) is -0.471. The fraction of sp³-hybridized carbons (Fsp3) is 0.833. The molecule has 0 aromatic heterocycles. The van der Waals surface area contributed by atoms with E-state index in [0.717, 1.165) is 0 Å². The smallest absolute Gasteiger partial charge is 0.264 e. The molecule has 4 nitrogen and oxygen atoms in total. The van der Waals surface area contributed by atoms with Crippen molar-refractivity contribution in [3.8, 4) is 0 Å². The SMILES string of the molecule is CN(C)C(S)(C=S)CCS(=O)(=O)O. The first-order chi connectivity index (χ1) is 5.71. The standard InChI is InChI=1S/C6H13NO3S3/c1-7(2)6(12,5-11)3-4-13(8,9)10/h5,12H,3-4H2,1-2H3,(H,8,9,10). The van der Waals surface area contributed by atoms with Gasteiger partial charge >= 0.3 is 0 Å². The minimum Gasteiger partial charge on any atom is -0.291 e. The van der Waals surface area contributed by atoms with Gasteiger partial charge in [0.15, 0.2) is 0 Å². The third kappa shape index (κ3) is 4.92. The van der Waals surface area contributed by atoms with E-state index in [9.17, 15) is 8.42 Å². The number of hydrogen-bond acceptors (Lipinski definition) is 5. The van der Waals surface area contributed by atoms with E-state index in [1.54, 1.807) is 19.0 Å². The molecule has 0 aliphatic rings. The van der Waals surface area contributed by atoms with Gasteiger partial charge in [0, 0.05) is 5.37 Å². The normalized spacial score (nSPS) is 17.0. The van der Waals surface area contributed by atoms with Crippen LogP contribution in [0.4, 0.5) is 0 Å². The molecule has 1 unspecified atom stereocenters. The summed E-state index contributed by atoms with van der Waals surface area (Å²) >= 11 is 8.95. The van der Waals surface area contributed by atoms with Crippen LogP contribution < -0.4 is 0 Å². The highest BCUT2D eigenvalue weighted by Gasteiger charge is 2.26. The first-order valence-electron chi connectivity index (χ1n) is 3.52. The predicted molar refractivity (Wildman–Crippen MR) is 60.1 cm³/mol. The minimum atomic E-state index is -3.94. The number of hydrogen-bond donors (Lipinski definition) is 2. The van der Waals surface area contributed by atoms with Gasteiger partial charge in [-0.25, -0.2) is 0 Å². The quantitative estimate of drug-likeness (QED) is 0.318. The highest BCUT2D eigenvalue weighted by atomic mass is 32.2. The average molecular weight is 243 g/mol. The third-order valence-corrected chi connectivity index (χ3v) is 3.73. The molecule has 0 amide bonds. The van der Waals surface area contributed by atoms with Crippen LogP contribution in [-0.4, -0.2) is 48.0 Å². The topological polar surface area (TPSA) is 57.6 Å². The van der Waals surface area contributed by atoms with Crippen molar-refractivity contribution in [3.63, 3.8) is 0 Å². The van der Waals surface area contributed by atoms with Gasteiger partial charge in [0.1, 0.15) is 0 Å². The summed E-state index contributed by atoms with van der Waals surface area (Å²) in [5.74, 6) is -0.345. The van der Waals surface area contributed by atoms with Crippen LogP contribution in [0.5, 0.6) is 0 Å². The average Bonchev–Trinajstić information content (AvgIpc) is 1.98. The maximum atomic E-state index is 10.5. The Hall–Kier alpha value is 0.310. The molecule has 13 heavy (non-hydrogen) atoms. The van der Waals surface area contributed by atoms with E-state index in [1.165, 1.54) is 5.37 Å². The van der Waals surface area contributed by atoms with Gasteiger partial charge in [0.25, 0.3) is 10.1 Å². The lowest BCUT2D eigenvalue weighted by molar-refractivity contribution is 0.329. The molecule has 78 valence electrons. The number of thiol groups is 1. The molecule has 0 spiro atoms. The number of thiocarbonyl (C=S) groups is 1. The van der Waals surface area contributed by atoms with Crippen molar-refractivity contribution < 1.29 is 13.0 Å². The van der Waals surface area contributed by atoms with Crippen molar-refractivity contribution in [2.24, 2.45) is 0 Å². The monoisotopic (exact) mass is 243 g/mol. The van der Waals surface area contributed by atoms with Crippen LogP contribution in [0.25, 0.3) is 0 Å². The van der Waals surface area contributed by atoms with Crippen LogP contribution >= 0.6 is 24.8 Å². The fourth-order valence-corrected chi connectivity index (χ4v) is 1.83. The number of nitrogens with zero attached hydrogens (tertiary/aromatic N) is 1. The molecule has 0 radical (unpaired) electrons. The molecule has 1 N–H and O–H groups in total. The maximum absolute atomic E-state index is 10.5. The summed E-state index contributed by atoms with van der Waals surface area (Å²) in [6.07, 6.45) is 0.158. The Morgan fingerprint density at radius 2 is 2.08 bits per heavy atom. The van der Waals surface area contributed by atoms with E-state index in [0.29, 0.717) is 0 Å². The Morgan fingerprint density at radius 1 is 1.62 bits per heavy atom. The molecule has 0 bridgehead atoms. The molecule has 1 atom stereocenters. The van der Waals surface area contributed by atoms with Crippen molar-refractivity contribution in [2.45, 2.75) is 11.3 Å².